The van der Waals surface area contributed by atoms with E-state index < -0.39 is 0 Å². The number of rotatable bonds is 3. The predicted octanol–water partition coefficient (Wildman–Crippen LogP) is 3.56. The summed E-state index contributed by atoms with van der Waals surface area (Å²) in [7, 11) is 3.40. The Balaban J connectivity index is 2.12. The minimum Gasteiger partial charge on any atom is -0.493 e. The lowest BCUT2D eigenvalue weighted by Gasteiger charge is -2.30. The monoisotopic (exact) mass is 297 g/mol. The minimum atomic E-state index is 0.212. The van der Waals surface area contributed by atoms with Crippen molar-refractivity contribution in [2.24, 2.45) is 0 Å². The summed E-state index contributed by atoms with van der Waals surface area (Å²) in [5.74, 6) is 1.68. The van der Waals surface area contributed by atoms with Gasteiger partial charge < -0.3 is 14.8 Å². The molecule has 1 unspecified atom stereocenters. The van der Waals surface area contributed by atoms with E-state index in [2.05, 4.69) is 43.4 Å². The van der Waals surface area contributed by atoms with E-state index in [9.17, 15) is 0 Å². The van der Waals surface area contributed by atoms with Gasteiger partial charge in [-0.3, -0.25) is 0 Å². The highest BCUT2D eigenvalue weighted by molar-refractivity contribution is 5.55. The van der Waals surface area contributed by atoms with Gasteiger partial charge in [0, 0.05) is 12.1 Å². The van der Waals surface area contributed by atoms with Crippen molar-refractivity contribution < 1.29 is 9.47 Å². The van der Waals surface area contributed by atoms with Gasteiger partial charge in [0.15, 0.2) is 11.5 Å². The van der Waals surface area contributed by atoms with Gasteiger partial charge in [-0.05, 0) is 43.0 Å². The highest BCUT2D eigenvalue weighted by atomic mass is 16.5. The lowest BCUT2D eigenvalue weighted by Crippen LogP contribution is -2.31. The molecule has 0 aromatic heterocycles. The first-order chi connectivity index (χ1) is 10.7. The summed E-state index contributed by atoms with van der Waals surface area (Å²) in [6.07, 6.45) is 0.955. The van der Waals surface area contributed by atoms with E-state index in [0.29, 0.717) is 0 Å². The number of aryl methyl sites for hydroxylation is 2. The minimum absolute atomic E-state index is 0.212. The molecule has 1 N–H and O–H groups in total. The highest BCUT2D eigenvalue weighted by Crippen LogP contribution is 2.40. The van der Waals surface area contributed by atoms with E-state index in [0.717, 1.165) is 24.5 Å². The maximum Gasteiger partial charge on any atom is 0.164 e. The summed E-state index contributed by atoms with van der Waals surface area (Å²) in [6, 6.07) is 11.0. The summed E-state index contributed by atoms with van der Waals surface area (Å²) >= 11 is 0. The topological polar surface area (TPSA) is 30.5 Å². The molecule has 3 heteroatoms. The molecule has 1 atom stereocenters. The fourth-order valence-corrected chi connectivity index (χ4v) is 3.41. The Kier molecular flexibility index (Phi) is 4.08. The fourth-order valence-electron chi connectivity index (χ4n) is 3.41. The third kappa shape index (κ3) is 2.46. The number of methoxy groups -OCH3 is 2. The van der Waals surface area contributed by atoms with Crippen molar-refractivity contribution in [3.8, 4) is 11.5 Å². The molecule has 0 radical (unpaired) electrons. The van der Waals surface area contributed by atoms with Crippen LogP contribution in [0.5, 0.6) is 11.5 Å². The summed E-state index contributed by atoms with van der Waals surface area (Å²) in [5, 5.41) is 3.64. The lowest BCUT2D eigenvalue weighted by molar-refractivity contribution is 0.348. The molecule has 3 nitrogen and oxygen atoms in total. The fraction of sp³-hybridized carbons (Fsp3) is 0.368. The van der Waals surface area contributed by atoms with Crippen LogP contribution < -0.4 is 14.8 Å². The van der Waals surface area contributed by atoms with Gasteiger partial charge >= 0.3 is 0 Å². The van der Waals surface area contributed by atoms with E-state index in [1.807, 2.05) is 6.07 Å². The van der Waals surface area contributed by atoms with Crippen molar-refractivity contribution in [2.45, 2.75) is 26.3 Å². The molecule has 0 fully saturated rings. The van der Waals surface area contributed by atoms with Crippen molar-refractivity contribution >= 4 is 0 Å². The number of hydrogen-bond acceptors (Lipinski definition) is 3. The third-order valence-corrected chi connectivity index (χ3v) is 4.46. The summed E-state index contributed by atoms with van der Waals surface area (Å²) in [5.41, 5.74) is 6.49. The molecule has 1 heterocycles. The van der Waals surface area contributed by atoms with Crippen LogP contribution in [0.25, 0.3) is 0 Å². The van der Waals surface area contributed by atoms with Crippen LogP contribution in [0.3, 0.4) is 0 Å². The zero-order valence-electron chi connectivity index (χ0n) is 13.7. The predicted molar refractivity (Wildman–Crippen MR) is 89.0 cm³/mol. The largest absolute Gasteiger partial charge is 0.493 e. The van der Waals surface area contributed by atoms with Crippen molar-refractivity contribution in [3.05, 3.63) is 58.1 Å². The Bertz CT molecular complexity index is 694. The quantitative estimate of drug-likeness (QED) is 0.939. The van der Waals surface area contributed by atoms with Gasteiger partial charge in [-0.25, -0.2) is 0 Å². The molecule has 0 saturated heterocycles. The van der Waals surface area contributed by atoms with Gasteiger partial charge in [-0.15, -0.1) is 0 Å². The van der Waals surface area contributed by atoms with E-state index in [1.165, 1.54) is 27.8 Å². The van der Waals surface area contributed by atoms with Gasteiger partial charge in [-0.1, -0.05) is 29.8 Å². The van der Waals surface area contributed by atoms with E-state index >= 15 is 0 Å². The van der Waals surface area contributed by atoms with Crippen LogP contribution in [-0.4, -0.2) is 20.8 Å². The smallest absolute Gasteiger partial charge is 0.164 e. The molecule has 0 aliphatic carbocycles. The summed E-state index contributed by atoms with van der Waals surface area (Å²) in [6.45, 7) is 5.25. The van der Waals surface area contributed by atoms with Gasteiger partial charge in [0.1, 0.15) is 0 Å². The Hall–Kier alpha value is -2.00. The number of benzene rings is 2. The van der Waals surface area contributed by atoms with Crippen LogP contribution in [0.4, 0.5) is 0 Å². The maximum atomic E-state index is 5.62. The number of ether oxygens (including phenoxy) is 2. The van der Waals surface area contributed by atoms with E-state index in [-0.39, 0.29) is 6.04 Å². The molecule has 0 bridgehead atoms. The van der Waals surface area contributed by atoms with Crippen LogP contribution in [0.1, 0.15) is 33.9 Å². The second-order valence-electron chi connectivity index (χ2n) is 5.87. The van der Waals surface area contributed by atoms with Gasteiger partial charge in [0.05, 0.1) is 20.3 Å². The van der Waals surface area contributed by atoms with Crippen LogP contribution in [-0.2, 0) is 6.42 Å². The molecule has 0 spiro atoms. The second kappa shape index (κ2) is 6.01. The Morgan fingerprint density at radius 3 is 2.45 bits per heavy atom. The highest BCUT2D eigenvalue weighted by Gasteiger charge is 2.26. The number of hydrogen-bond donors (Lipinski definition) is 1. The maximum absolute atomic E-state index is 5.62. The Morgan fingerprint density at radius 2 is 1.77 bits per heavy atom. The van der Waals surface area contributed by atoms with Gasteiger partial charge in [-0.2, -0.15) is 0 Å². The lowest BCUT2D eigenvalue weighted by atomic mass is 9.87. The molecule has 2 aromatic rings. The SMILES string of the molecule is COc1ccc2c(c1OC)CCNC2c1ccc(C)cc1C. The first-order valence-electron chi connectivity index (χ1n) is 7.70. The molecule has 116 valence electrons. The molecule has 1 aliphatic heterocycles. The summed E-state index contributed by atoms with van der Waals surface area (Å²) in [4.78, 5) is 0. The van der Waals surface area contributed by atoms with Crippen molar-refractivity contribution in [3.63, 3.8) is 0 Å². The standard InChI is InChI=1S/C19H23NO2/c1-12-5-6-14(13(2)11-12)18-15-7-8-17(21-3)19(22-4)16(15)9-10-20-18/h5-8,11,18,20H,9-10H2,1-4H3. The van der Waals surface area contributed by atoms with Crippen LogP contribution in [0, 0.1) is 13.8 Å². The van der Waals surface area contributed by atoms with Gasteiger partial charge in [0.2, 0.25) is 0 Å². The second-order valence-corrected chi connectivity index (χ2v) is 5.87. The molecule has 0 amide bonds. The summed E-state index contributed by atoms with van der Waals surface area (Å²) < 4.78 is 11.1. The molecular weight excluding hydrogens is 274 g/mol. The van der Waals surface area contributed by atoms with Crippen molar-refractivity contribution in [1.82, 2.24) is 5.32 Å². The Morgan fingerprint density at radius 1 is 1.00 bits per heavy atom. The molecular formula is C19H23NO2. The average molecular weight is 297 g/mol. The first-order valence-corrected chi connectivity index (χ1v) is 7.70. The van der Waals surface area contributed by atoms with Crippen molar-refractivity contribution in [2.75, 3.05) is 20.8 Å². The molecule has 1 aliphatic rings. The van der Waals surface area contributed by atoms with E-state index in [4.69, 9.17) is 9.47 Å². The van der Waals surface area contributed by atoms with Crippen LogP contribution >= 0.6 is 0 Å². The first kappa shape index (κ1) is 14.9. The number of fused-ring (bicyclic) bond motifs is 1. The van der Waals surface area contributed by atoms with Crippen LogP contribution in [0.2, 0.25) is 0 Å². The molecule has 0 saturated carbocycles. The number of nitrogens with one attached hydrogen (secondary N) is 1. The zero-order chi connectivity index (χ0) is 15.7. The normalized spacial score (nSPS) is 17.0. The van der Waals surface area contributed by atoms with Gasteiger partial charge in [0.25, 0.3) is 0 Å². The van der Waals surface area contributed by atoms with Crippen molar-refractivity contribution in [1.29, 1.82) is 0 Å². The molecule has 3 rings (SSSR count). The molecule has 22 heavy (non-hydrogen) atoms. The average Bonchev–Trinajstić information content (AvgIpc) is 2.53. The van der Waals surface area contributed by atoms with Crippen LogP contribution in [0.15, 0.2) is 30.3 Å². The Labute approximate surface area is 132 Å². The zero-order valence-corrected chi connectivity index (χ0v) is 13.7. The third-order valence-electron chi connectivity index (χ3n) is 4.46. The van der Waals surface area contributed by atoms with E-state index in [1.54, 1.807) is 14.2 Å². The molecule has 2 aromatic carbocycles.